The van der Waals surface area contributed by atoms with Crippen LogP contribution in [-0.4, -0.2) is 15.4 Å². The topological polar surface area (TPSA) is 29.1 Å². The van der Waals surface area contributed by atoms with Crippen LogP contribution in [-0.2, 0) is 4.79 Å². The number of halogens is 1. The molecular weight excluding hydrogens is 241 g/mol. The monoisotopic (exact) mass is 255 g/mol. The van der Waals surface area contributed by atoms with E-state index >= 15 is 0 Å². The van der Waals surface area contributed by atoms with Gasteiger partial charge in [-0.3, -0.25) is 4.79 Å². The maximum absolute atomic E-state index is 11.0. The van der Waals surface area contributed by atoms with E-state index in [9.17, 15) is 4.79 Å². The Morgan fingerprint density at radius 1 is 1.50 bits per heavy atom. The summed E-state index contributed by atoms with van der Waals surface area (Å²) in [5, 5.41) is 2.87. The lowest BCUT2D eigenvalue weighted by molar-refractivity contribution is -0.121. The van der Waals surface area contributed by atoms with E-state index in [2.05, 4.69) is 27.9 Å². The molecule has 0 saturated heterocycles. The fourth-order valence-corrected chi connectivity index (χ4v) is 0.625. The third-order valence-electron chi connectivity index (χ3n) is 0.859. The smallest absolute Gasteiger partial charge is 0.233 e. The number of carbonyl (C=O) groups is 1. The van der Waals surface area contributed by atoms with Gasteiger partial charge in [-0.25, -0.2) is 0 Å². The van der Waals surface area contributed by atoms with E-state index in [0.29, 0.717) is 0 Å². The van der Waals surface area contributed by atoms with Gasteiger partial charge in [0.25, 0.3) is 0 Å². The Kier molecular flexibility index (Phi) is 3.62. The molecule has 1 N–H and O–H groups in total. The number of amides is 1. The molecule has 60 valence electrons. The molecule has 0 aromatic rings. The summed E-state index contributed by atoms with van der Waals surface area (Å²) in [6.07, 6.45) is 0. The molecule has 0 spiro atoms. The highest BCUT2D eigenvalue weighted by Gasteiger charge is 2.16. The van der Waals surface area contributed by atoms with Crippen molar-refractivity contribution in [1.29, 1.82) is 0 Å². The first kappa shape index (κ1) is 10.2. The first-order valence-electron chi connectivity index (χ1n) is 3.29. The summed E-state index contributed by atoms with van der Waals surface area (Å²) in [6, 6.07) is 0. The highest BCUT2D eigenvalue weighted by atomic mass is 127. The number of alkyl halides is 1. The van der Waals surface area contributed by atoms with Crippen LogP contribution in [0, 0.1) is 0 Å². The van der Waals surface area contributed by atoms with Crippen LogP contribution in [0.3, 0.4) is 0 Å². The molecular formula is C7H14INO. The average Bonchev–Trinajstić information content (AvgIpc) is 1.60. The number of hydrogen-bond acceptors (Lipinski definition) is 1. The lowest BCUT2D eigenvalue weighted by Gasteiger charge is -2.21. The zero-order chi connectivity index (χ0) is 8.36. The van der Waals surface area contributed by atoms with Crippen molar-refractivity contribution in [3.8, 4) is 0 Å². The average molecular weight is 255 g/mol. The summed E-state index contributed by atoms with van der Waals surface area (Å²) in [7, 11) is 0. The van der Waals surface area contributed by atoms with Gasteiger partial charge in [0.1, 0.15) is 0 Å². The molecule has 1 unspecified atom stereocenters. The van der Waals surface area contributed by atoms with Crippen molar-refractivity contribution >= 4 is 28.5 Å². The number of rotatable bonds is 1. The lowest BCUT2D eigenvalue weighted by atomic mass is 10.1. The van der Waals surface area contributed by atoms with Gasteiger partial charge in [-0.15, -0.1) is 0 Å². The highest BCUT2D eigenvalue weighted by molar-refractivity contribution is 14.1. The van der Waals surface area contributed by atoms with Gasteiger partial charge in [0, 0.05) is 5.54 Å². The van der Waals surface area contributed by atoms with E-state index in [1.807, 2.05) is 27.7 Å². The van der Waals surface area contributed by atoms with Crippen LogP contribution in [0.1, 0.15) is 27.7 Å². The third-order valence-corrected chi connectivity index (χ3v) is 1.43. The van der Waals surface area contributed by atoms with Crippen molar-refractivity contribution in [1.82, 2.24) is 5.32 Å². The Hall–Kier alpha value is 0.200. The van der Waals surface area contributed by atoms with Crippen LogP contribution in [0.25, 0.3) is 0 Å². The normalized spacial score (nSPS) is 14.5. The molecule has 10 heavy (non-hydrogen) atoms. The minimum Gasteiger partial charge on any atom is -0.351 e. The molecule has 0 aliphatic heterocycles. The van der Waals surface area contributed by atoms with Gasteiger partial charge in [0.2, 0.25) is 5.91 Å². The van der Waals surface area contributed by atoms with Crippen molar-refractivity contribution in [2.75, 3.05) is 0 Å². The predicted octanol–water partition coefficient (Wildman–Crippen LogP) is 1.72. The number of nitrogens with one attached hydrogen (secondary N) is 1. The van der Waals surface area contributed by atoms with Gasteiger partial charge in [-0.1, -0.05) is 22.6 Å². The van der Waals surface area contributed by atoms with Crippen LogP contribution in [0.2, 0.25) is 0 Å². The largest absolute Gasteiger partial charge is 0.351 e. The van der Waals surface area contributed by atoms with Gasteiger partial charge in [0.15, 0.2) is 0 Å². The van der Waals surface area contributed by atoms with E-state index in [0.717, 1.165) is 0 Å². The van der Waals surface area contributed by atoms with Crippen LogP contribution in [0.4, 0.5) is 0 Å². The fraction of sp³-hybridized carbons (Fsp3) is 0.857. The third kappa shape index (κ3) is 5.02. The van der Waals surface area contributed by atoms with Gasteiger partial charge >= 0.3 is 0 Å². The molecule has 0 aromatic carbocycles. The van der Waals surface area contributed by atoms with Crippen LogP contribution in [0.5, 0.6) is 0 Å². The standard InChI is InChI=1S/C7H14INO/c1-5(8)6(10)9-7(2,3)4/h5H,1-4H3,(H,9,10). The summed E-state index contributed by atoms with van der Waals surface area (Å²) in [4.78, 5) is 11.0. The van der Waals surface area contributed by atoms with Gasteiger partial charge < -0.3 is 5.32 Å². The first-order chi connectivity index (χ1) is 4.33. The van der Waals surface area contributed by atoms with E-state index in [1.54, 1.807) is 0 Å². The molecule has 0 radical (unpaired) electrons. The minimum absolute atomic E-state index is 0.0526. The maximum Gasteiger partial charge on any atom is 0.233 e. The zero-order valence-electron chi connectivity index (χ0n) is 6.86. The van der Waals surface area contributed by atoms with Crippen molar-refractivity contribution in [2.45, 2.75) is 37.2 Å². The van der Waals surface area contributed by atoms with E-state index in [-0.39, 0.29) is 15.4 Å². The summed E-state index contributed by atoms with van der Waals surface area (Å²) in [5.74, 6) is 0.105. The highest BCUT2D eigenvalue weighted by Crippen LogP contribution is 2.03. The summed E-state index contributed by atoms with van der Waals surface area (Å²) < 4.78 is 0.0526. The quantitative estimate of drug-likeness (QED) is 0.561. The van der Waals surface area contributed by atoms with Gasteiger partial charge in [-0.2, -0.15) is 0 Å². The van der Waals surface area contributed by atoms with Crippen LogP contribution in [0.15, 0.2) is 0 Å². The number of hydrogen-bond donors (Lipinski definition) is 1. The van der Waals surface area contributed by atoms with Crippen molar-refractivity contribution in [3.63, 3.8) is 0 Å². The maximum atomic E-state index is 11.0. The van der Waals surface area contributed by atoms with Crippen molar-refractivity contribution in [2.24, 2.45) is 0 Å². The molecule has 3 heteroatoms. The fourth-order valence-electron chi connectivity index (χ4n) is 0.469. The molecule has 0 bridgehead atoms. The minimum atomic E-state index is -0.101. The summed E-state index contributed by atoms with van der Waals surface area (Å²) >= 11 is 2.10. The molecule has 1 amide bonds. The SMILES string of the molecule is CC(I)C(=O)NC(C)(C)C. The summed E-state index contributed by atoms with van der Waals surface area (Å²) in [5.41, 5.74) is -0.101. The van der Waals surface area contributed by atoms with Gasteiger partial charge in [0.05, 0.1) is 3.92 Å². The molecule has 0 saturated carbocycles. The Morgan fingerprint density at radius 2 is 1.90 bits per heavy atom. The Labute approximate surface area is 75.9 Å². The van der Waals surface area contributed by atoms with Crippen LogP contribution >= 0.6 is 22.6 Å². The second kappa shape index (κ2) is 3.55. The summed E-state index contributed by atoms with van der Waals surface area (Å²) in [6.45, 7) is 7.80. The first-order valence-corrected chi connectivity index (χ1v) is 4.53. The van der Waals surface area contributed by atoms with E-state index < -0.39 is 0 Å². The van der Waals surface area contributed by atoms with E-state index in [1.165, 1.54) is 0 Å². The molecule has 2 nitrogen and oxygen atoms in total. The molecule has 0 rings (SSSR count). The Morgan fingerprint density at radius 3 is 2.00 bits per heavy atom. The lowest BCUT2D eigenvalue weighted by Crippen LogP contribution is -2.43. The van der Waals surface area contributed by atoms with Crippen LogP contribution < -0.4 is 5.32 Å². The molecule has 0 aliphatic rings. The molecule has 0 fully saturated rings. The Balaban J connectivity index is 3.81. The number of carbonyl (C=O) groups excluding carboxylic acids is 1. The van der Waals surface area contributed by atoms with Crippen molar-refractivity contribution < 1.29 is 4.79 Å². The molecule has 0 aliphatic carbocycles. The molecule has 0 aromatic heterocycles. The molecule has 0 heterocycles. The second-order valence-corrected chi connectivity index (χ2v) is 5.22. The predicted molar refractivity (Wildman–Crippen MR) is 51.4 cm³/mol. The van der Waals surface area contributed by atoms with Crippen molar-refractivity contribution in [3.05, 3.63) is 0 Å². The molecule has 1 atom stereocenters. The van der Waals surface area contributed by atoms with E-state index in [4.69, 9.17) is 0 Å². The second-order valence-electron chi connectivity index (χ2n) is 3.36. The Bertz CT molecular complexity index is 126. The van der Waals surface area contributed by atoms with Gasteiger partial charge in [-0.05, 0) is 27.7 Å². The zero-order valence-corrected chi connectivity index (χ0v) is 9.02.